The van der Waals surface area contributed by atoms with Crippen LogP contribution in [0.4, 0.5) is 0 Å². The van der Waals surface area contributed by atoms with E-state index in [1.165, 1.54) is 41.7 Å². The minimum Gasteiger partial charge on any atom is -0.458 e. The summed E-state index contributed by atoms with van der Waals surface area (Å²) in [6, 6.07) is 65.7. The Morgan fingerprint density at radius 2 is 0.741 bits per heavy atom. The van der Waals surface area contributed by atoms with Crippen molar-refractivity contribution < 1.29 is 14.2 Å². The lowest BCUT2D eigenvalue weighted by Gasteiger charge is -2.45. The molecule has 0 atom stereocenters. The van der Waals surface area contributed by atoms with Crippen LogP contribution in [0.25, 0.3) is 11.1 Å². The highest BCUT2D eigenvalue weighted by Gasteiger charge is 2.53. The van der Waals surface area contributed by atoms with Gasteiger partial charge < -0.3 is 14.2 Å². The van der Waals surface area contributed by atoms with Crippen LogP contribution in [-0.2, 0) is 5.41 Å². The second kappa shape index (κ2) is 11.1. The third kappa shape index (κ3) is 3.87. The lowest BCUT2D eigenvalue weighted by atomic mass is 9.63. The van der Waals surface area contributed by atoms with E-state index >= 15 is 0 Å². The number of hydrogen-bond donors (Lipinski definition) is 0. The highest BCUT2D eigenvalue weighted by molar-refractivity contribution is 7.99. The smallest absolute Gasteiger partial charge is 0.196 e. The fraction of sp³-hybridized carbons (Fsp3) is 0.0204. The molecule has 2 spiro atoms. The summed E-state index contributed by atoms with van der Waals surface area (Å²) in [6.45, 7) is 0. The Balaban J connectivity index is 1.14. The van der Waals surface area contributed by atoms with Gasteiger partial charge in [0.25, 0.3) is 0 Å². The maximum Gasteiger partial charge on any atom is 0.196 e. The summed E-state index contributed by atoms with van der Waals surface area (Å²) < 4.78 is 20.2. The average Bonchev–Trinajstić information content (AvgIpc) is 3.23. The van der Waals surface area contributed by atoms with E-state index in [9.17, 15) is 0 Å². The van der Waals surface area contributed by atoms with E-state index in [1.807, 2.05) is 11.8 Å². The van der Waals surface area contributed by atoms with Crippen LogP contribution in [0, 0.1) is 0 Å². The molecular formula is C49H30O3SSi. The van der Waals surface area contributed by atoms with Gasteiger partial charge in [0.2, 0.25) is 0 Å². The molecule has 54 heavy (non-hydrogen) atoms. The van der Waals surface area contributed by atoms with Gasteiger partial charge in [-0.15, -0.1) is 0 Å². The zero-order valence-electron chi connectivity index (χ0n) is 29.0. The number of ether oxygens (including phenoxy) is 3. The van der Waals surface area contributed by atoms with Gasteiger partial charge >= 0.3 is 0 Å². The van der Waals surface area contributed by atoms with Crippen molar-refractivity contribution in [3.63, 3.8) is 0 Å². The SMILES string of the molecule is c1ccc2c(c1)Oc1ccc(-c3ccc4c(c3)[Si]3(c5ccccc5Oc5ccccc53)c3ccccc3O4)cc1C21c2ccccc2Sc2ccccc21. The molecule has 5 heteroatoms. The van der Waals surface area contributed by atoms with Crippen molar-refractivity contribution in [2.75, 3.05) is 0 Å². The summed E-state index contributed by atoms with van der Waals surface area (Å²) in [7, 11) is -2.90. The van der Waals surface area contributed by atoms with Crippen molar-refractivity contribution in [2.45, 2.75) is 15.2 Å². The van der Waals surface area contributed by atoms with Crippen molar-refractivity contribution in [1.29, 1.82) is 0 Å². The van der Waals surface area contributed by atoms with Gasteiger partial charge in [0.15, 0.2) is 8.07 Å². The van der Waals surface area contributed by atoms with Crippen molar-refractivity contribution in [1.82, 2.24) is 0 Å². The monoisotopic (exact) mass is 726 g/mol. The first-order chi connectivity index (χ1) is 26.7. The topological polar surface area (TPSA) is 27.7 Å². The van der Waals surface area contributed by atoms with Gasteiger partial charge in [-0.05, 0) is 97.6 Å². The number of rotatable bonds is 1. The lowest BCUT2D eigenvalue weighted by molar-refractivity contribution is 0.431. The molecule has 8 aromatic carbocycles. The second-order valence-corrected chi connectivity index (χ2v) is 19.0. The molecule has 0 saturated carbocycles. The van der Waals surface area contributed by atoms with Crippen LogP contribution >= 0.6 is 11.8 Å². The third-order valence-electron chi connectivity index (χ3n) is 11.7. The molecule has 0 bridgehead atoms. The van der Waals surface area contributed by atoms with Crippen LogP contribution < -0.4 is 35.0 Å². The minimum absolute atomic E-state index is 0.566. The maximum atomic E-state index is 6.80. The molecular weight excluding hydrogens is 697 g/mol. The molecule has 4 aliphatic rings. The van der Waals surface area contributed by atoms with Crippen LogP contribution in [0.2, 0.25) is 0 Å². The van der Waals surface area contributed by atoms with Crippen molar-refractivity contribution >= 4 is 40.6 Å². The molecule has 0 radical (unpaired) electrons. The predicted octanol–water partition coefficient (Wildman–Crippen LogP) is 9.90. The normalized spacial score (nSPS) is 15.3. The first-order valence-electron chi connectivity index (χ1n) is 18.3. The molecule has 0 N–H and O–H groups in total. The average molecular weight is 727 g/mol. The second-order valence-electron chi connectivity index (χ2n) is 14.3. The van der Waals surface area contributed by atoms with Crippen LogP contribution in [0.3, 0.4) is 0 Å². The van der Waals surface area contributed by atoms with Gasteiger partial charge in [0.1, 0.15) is 34.5 Å². The maximum absolute atomic E-state index is 6.80. The lowest BCUT2D eigenvalue weighted by Crippen LogP contribution is -2.77. The van der Waals surface area contributed by atoms with Gasteiger partial charge in [0, 0.05) is 20.9 Å². The van der Waals surface area contributed by atoms with Crippen molar-refractivity contribution in [3.8, 4) is 45.6 Å². The van der Waals surface area contributed by atoms with Crippen LogP contribution in [-0.4, -0.2) is 8.07 Å². The Kier molecular flexibility index (Phi) is 6.22. The third-order valence-corrected chi connectivity index (χ3v) is 17.7. The summed E-state index contributed by atoms with van der Waals surface area (Å²) in [5.41, 5.74) is 6.56. The summed E-state index contributed by atoms with van der Waals surface area (Å²) in [6.07, 6.45) is 0. The van der Waals surface area contributed by atoms with Gasteiger partial charge in [-0.1, -0.05) is 139 Å². The van der Waals surface area contributed by atoms with Gasteiger partial charge in [-0.25, -0.2) is 0 Å². The predicted molar refractivity (Wildman–Crippen MR) is 218 cm³/mol. The van der Waals surface area contributed by atoms with Gasteiger partial charge in [-0.2, -0.15) is 0 Å². The minimum atomic E-state index is -2.90. The largest absolute Gasteiger partial charge is 0.458 e. The van der Waals surface area contributed by atoms with Crippen molar-refractivity contribution in [3.05, 3.63) is 204 Å². The molecule has 4 heterocycles. The Bertz CT molecular complexity index is 2480. The summed E-state index contributed by atoms with van der Waals surface area (Å²) in [4.78, 5) is 2.53. The van der Waals surface area contributed by atoms with E-state index in [1.54, 1.807) is 0 Å². The Morgan fingerprint density at radius 3 is 1.33 bits per heavy atom. The quantitative estimate of drug-likeness (QED) is 0.158. The van der Waals surface area contributed by atoms with E-state index in [0.717, 1.165) is 56.8 Å². The van der Waals surface area contributed by atoms with E-state index < -0.39 is 13.5 Å². The molecule has 0 amide bonds. The molecule has 0 aromatic heterocycles. The van der Waals surface area contributed by atoms with Gasteiger partial charge in [0.05, 0.1) is 5.41 Å². The molecule has 0 saturated heterocycles. The van der Waals surface area contributed by atoms with E-state index in [-0.39, 0.29) is 0 Å². The van der Waals surface area contributed by atoms with E-state index in [0.29, 0.717) is 0 Å². The summed E-state index contributed by atoms with van der Waals surface area (Å²) >= 11 is 1.85. The Morgan fingerprint density at radius 1 is 0.333 bits per heavy atom. The highest BCUT2D eigenvalue weighted by Crippen LogP contribution is 2.61. The van der Waals surface area contributed by atoms with Crippen LogP contribution in [0.15, 0.2) is 192 Å². The zero-order valence-corrected chi connectivity index (χ0v) is 30.8. The molecule has 0 aliphatic carbocycles. The van der Waals surface area contributed by atoms with Crippen molar-refractivity contribution in [2.24, 2.45) is 0 Å². The molecule has 0 unspecified atom stereocenters. The zero-order chi connectivity index (χ0) is 35.4. The summed E-state index contributed by atoms with van der Waals surface area (Å²) in [5, 5.41) is 4.93. The van der Waals surface area contributed by atoms with E-state index in [4.69, 9.17) is 14.2 Å². The first-order valence-corrected chi connectivity index (χ1v) is 21.1. The Labute approximate surface area is 318 Å². The molecule has 3 nitrogen and oxygen atoms in total. The molecule has 0 fully saturated rings. The highest BCUT2D eigenvalue weighted by atomic mass is 32.2. The number of para-hydroxylation sites is 4. The standard InChI is InChI=1S/C49H30O3SSi/c1-4-16-37-33(13-1)49(34-14-2-8-20-43(34)53-44-21-9-3-15-35(44)49)36-29-31(25-27-38(36)50-37)32-26-28-42-48(30-32)54(47-24-12-7-19-41(47)52-42)45-22-10-5-17-39(45)51-40-18-6-11-23-46(40)54/h1-30H. The fourth-order valence-electron chi connectivity index (χ4n) is 9.59. The van der Waals surface area contributed by atoms with E-state index in [2.05, 4.69) is 182 Å². The number of hydrogen-bond acceptors (Lipinski definition) is 4. The van der Waals surface area contributed by atoms with Gasteiger partial charge in [-0.3, -0.25) is 0 Å². The summed E-state index contributed by atoms with van der Waals surface area (Å²) in [5.74, 6) is 5.40. The van der Waals surface area contributed by atoms with Crippen LogP contribution in [0.1, 0.15) is 22.3 Å². The molecule has 12 rings (SSSR count). The Hall–Kier alpha value is -6.27. The molecule has 8 aromatic rings. The molecule has 4 aliphatic heterocycles. The first kappa shape index (κ1) is 30.2. The fourth-order valence-corrected chi connectivity index (χ4v) is 16.0. The number of benzene rings is 8. The van der Waals surface area contributed by atoms with Crippen LogP contribution in [0.5, 0.6) is 34.5 Å². The molecule has 254 valence electrons. The number of fused-ring (bicyclic) bond motifs is 16.